The summed E-state index contributed by atoms with van der Waals surface area (Å²) >= 11 is 6.36. The van der Waals surface area contributed by atoms with Crippen molar-refractivity contribution in [3.05, 3.63) is 149 Å². The van der Waals surface area contributed by atoms with E-state index in [4.69, 9.17) is 11.6 Å². The van der Waals surface area contributed by atoms with Crippen molar-refractivity contribution < 1.29 is 28.7 Å². The first-order valence-corrected chi connectivity index (χ1v) is 17.3. The second-order valence-electron chi connectivity index (χ2n) is 13.6. The number of benzene rings is 4. The third-order valence-electron chi connectivity index (χ3n) is 11.1. The standard InChI is InChI=1S/C41H33ClFN3O5/c1-2-7-23-8-6-11-31(36(23)47)35-29-20-21-30-34(39(50)45(37(30)48)28-9-4-3-5-10-28)32(29)22-33-38(49)46(44-27-18-16-26(43)17-19-27)40(51)41(33,35)24-12-14-25(42)15-13-24/h2-6,8-20,30,32-35,44,47H,1,7,21-22H2/t30-,32+,33-,34-,35+,41+/m0/s1. The maximum atomic E-state index is 15.3. The number of hydrazine groups is 1. The predicted octanol–water partition coefficient (Wildman–Crippen LogP) is 7.10. The maximum absolute atomic E-state index is 15.3. The van der Waals surface area contributed by atoms with Gasteiger partial charge in [0.15, 0.2) is 0 Å². The number of nitrogens with zero attached hydrogens (tertiary/aromatic N) is 2. The number of carbonyl (C=O) groups is 4. The number of hydrogen-bond acceptors (Lipinski definition) is 6. The zero-order valence-corrected chi connectivity index (χ0v) is 28.1. The van der Waals surface area contributed by atoms with E-state index in [1.807, 2.05) is 12.1 Å². The second-order valence-corrected chi connectivity index (χ2v) is 14.0. The molecule has 0 bridgehead atoms. The van der Waals surface area contributed by atoms with Gasteiger partial charge >= 0.3 is 0 Å². The van der Waals surface area contributed by atoms with Crippen LogP contribution in [-0.2, 0) is 31.0 Å². The zero-order valence-electron chi connectivity index (χ0n) is 27.3. The lowest BCUT2D eigenvalue weighted by molar-refractivity contribution is -0.138. The van der Waals surface area contributed by atoms with Gasteiger partial charge < -0.3 is 5.11 Å². The van der Waals surface area contributed by atoms with Gasteiger partial charge in [0.1, 0.15) is 11.6 Å². The Kier molecular flexibility index (Phi) is 7.91. The summed E-state index contributed by atoms with van der Waals surface area (Å²) in [4.78, 5) is 59.6. The first kappa shape index (κ1) is 32.7. The van der Waals surface area contributed by atoms with Gasteiger partial charge in [-0.2, -0.15) is 5.01 Å². The summed E-state index contributed by atoms with van der Waals surface area (Å²) in [6.07, 6.45) is 4.30. The molecule has 2 aliphatic carbocycles. The molecule has 2 saturated heterocycles. The minimum Gasteiger partial charge on any atom is -0.507 e. The Morgan fingerprint density at radius 1 is 0.882 bits per heavy atom. The molecule has 2 heterocycles. The van der Waals surface area contributed by atoms with Crippen molar-refractivity contribution in [1.29, 1.82) is 0 Å². The molecule has 0 aromatic heterocycles. The van der Waals surface area contributed by atoms with Crippen LogP contribution < -0.4 is 10.3 Å². The third kappa shape index (κ3) is 4.86. The summed E-state index contributed by atoms with van der Waals surface area (Å²) in [7, 11) is 0. The van der Waals surface area contributed by atoms with Crippen molar-refractivity contribution in [3.63, 3.8) is 0 Å². The summed E-state index contributed by atoms with van der Waals surface area (Å²) in [5.41, 5.74) is 4.37. The molecule has 0 spiro atoms. The Bertz CT molecular complexity index is 2140. The van der Waals surface area contributed by atoms with Crippen LogP contribution in [0.25, 0.3) is 0 Å². The molecule has 0 unspecified atom stereocenters. The monoisotopic (exact) mass is 701 g/mol. The number of anilines is 2. The van der Waals surface area contributed by atoms with Gasteiger partial charge in [0, 0.05) is 16.5 Å². The molecule has 3 fully saturated rings. The number of imide groups is 2. The molecular weight excluding hydrogens is 669 g/mol. The summed E-state index contributed by atoms with van der Waals surface area (Å²) in [6.45, 7) is 3.84. The number of para-hydroxylation sites is 2. The van der Waals surface area contributed by atoms with Crippen LogP contribution in [0.3, 0.4) is 0 Å². The molecule has 10 heteroatoms. The number of hydrogen-bond donors (Lipinski definition) is 2. The highest BCUT2D eigenvalue weighted by molar-refractivity contribution is 6.30. The normalized spacial score (nSPS) is 26.8. The SMILES string of the molecule is C=CCc1cccc([C@H]2C3=CC[C@@H]4C(=O)N(c5ccccc5)C(=O)[C@@H]4[C@@H]3C[C@H]3C(=O)N(Nc4ccc(F)cc4)C(=O)[C@@]23c2ccc(Cl)cc2)c1O. The lowest BCUT2D eigenvalue weighted by atomic mass is 9.49. The Balaban J connectivity index is 1.35. The number of phenolic OH excluding ortho intramolecular Hbond substituents is 1. The maximum Gasteiger partial charge on any atom is 0.260 e. The van der Waals surface area contributed by atoms with E-state index in [-0.39, 0.29) is 30.4 Å². The van der Waals surface area contributed by atoms with Crippen LogP contribution in [0.4, 0.5) is 15.8 Å². The number of amides is 4. The highest BCUT2D eigenvalue weighted by atomic mass is 35.5. The van der Waals surface area contributed by atoms with Crippen LogP contribution in [0, 0.1) is 29.5 Å². The van der Waals surface area contributed by atoms with Gasteiger partial charge in [-0.15, -0.1) is 6.58 Å². The molecule has 0 radical (unpaired) electrons. The van der Waals surface area contributed by atoms with E-state index in [9.17, 15) is 23.9 Å². The van der Waals surface area contributed by atoms with Crippen molar-refractivity contribution >= 4 is 46.6 Å². The number of aromatic hydroxyl groups is 1. The van der Waals surface area contributed by atoms with E-state index in [1.54, 1.807) is 72.8 Å². The van der Waals surface area contributed by atoms with Gasteiger partial charge in [0.25, 0.3) is 11.8 Å². The van der Waals surface area contributed by atoms with Crippen LogP contribution in [0.1, 0.15) is 35.4 Å². The summed E-state index contributed by atoms with van der Waals surface area (Å²) in [6, 6.07) is 26.2. The number of allylic oxidation sites excluding steroid dienone is 3. The van der Waals surface area contributed by atoms with E-state index in [2.05, 4.69) is 12.0 Å². The predicted molar refractivity (Wildman–Crippen MR) is 190 cm³/mol. The van der Waals surface area contributed by atoms with Crippen LogP contribution >= 0.6 is 11.6 Å². The molecule has 256 valence electrons. The summed E-state index contributed by atoms with van der Waals surface area (Å²) < 4.78 is 13.9. The molecule has 4 amide bonds. The first-order chi connectivity index (χ1) is 24.7. The molecule has 4 aliphatic rings. The molecule has 8 nitrogen and oxygen atoms in total. The molecule has 4 aromatic rings. The highest BCUT2D eigenvalue weighted by Crippen LogP contribution is 2.65. The van der Waals surface area contributed by atoms with Gasteiger partial charge in [-0.05, 0) is 84.8 Å². The molecule has 2 aliphatic heterocycles. The Morgan fingerprint density at radius 3 is 2.31 bits per heavy atom. The van der Waals surface area contributed by atoms with Gasteiger partial charge in [0.2, 0.25) is 11.8 Å². The summed E-state index contributed by atoms with van der Waals surface area (Å²) in [5.74, 6) is -6.27. The van der Waals surface area contributed by atoms with Crippen molar-refractivity contribution in [2.45, 2.75) is 30.6 Å². The average Bonchev–Trinajstić information content (AvgIpc) is 3.51. The van der Waals surface area contributed by atoms with Crippen molar-refractivity contribution in [1.82, 2.24) is 5.01 Å². The van der Waals surface area contributed by atoms with Crippen LogP contribution in [0.15, 0.2) is 121 Å². The Morgan fingerprint density at radius 2 is 1.61 bits per heavy atom. The fraction of sp³-hybridized carbons (Fsp3) is 0.220. The smallest absolute Gasteiger partial charge is 0.260 e. The van der Waals surface area contributed by atoms with Gasteiger partial charge in [0.05, 0.1) is 34.5 Å². The molecule has 51 heavy (non-hydrogen) atoms. The number of nitrogens with one attached hydrogen (secondary N) is 1. The van der Waals surface area contributed by atoms with Crippen molar-refractivity contribution in [2.24, 2.45) is 23.7 Å². The van der Waals surface area contributed by atoms with E-state index < -0.39 is 52.6 Å². The van der Waals surface area contributed by atoms with Gasteiger partial charge in [-0.1, -0.05) is 77.9 Å². The van der Waals surface area contributed by atoms with E-state index in [1.165, 1.54) is 29.2 Å². The third-order valence-corrected chi connectivity index (χ3v) is 11.3. The number of fused-ring (bicyclic) bond motifs is 4. The second kappa shape index (κ2) is 12.3. The van der Waals surface area contributed by atoms with E-state index in [0.29, 0.717) is 45.1 Å². The van der Waals surface area contributed by atoms with Crippen molar-refractivity contribution in [2.75, 3.05) is 10.3 Å². The Labute approximate surface area is 298 Å². The molecule has 8 rings (SSSR count). The average molecular weight is 702 g/mol. The number of phenols is 1. The number of rotatable bonds is 7. The van der Waals surface area contributed by atoms with Gasteiger partial charge in [-0.25, -0.2) is 4.39 Å². The highest BCUT2D eigenvalue weighted by Gasteiger charge is 2.70. The molecular formula is C41H33ClFN3O5. The minimum atomic E-state index is -1.60. The van der Waals surface area contributed by atoms with Crippen molar-refractivity contribution in [3.8, 4) is 5.75 Å². The molecule has 2 N–H and O–H groups in total. The van der Waals surface area contributed by atoms with E-state index >= 15 is 4.79 Å². The molecule has 1 saturated carbocycles. The van der Waals surface area contributed by atoms with Gasteiger partial charge in [-0.3, -0.25) is 29.5 Å². The lowest BCUT2D eigenvalue weighted by Crippen LogP contribution is -2.53. The first-order valence-electron chi connectivity index (χ1n) is 16.9. The fourth-order valence-corrected chi connectivity index (χ4v) is 9.12. The summed E-state index contributed by atoms with van der Waals surface area (Å²) in [5, 5.41) is 13.4. The molecule has 6 atom stereocenters. The van der Waals surface area contributed by atoms with Crippen LogP contribution in [0.5, 0.6) is 5.75 Å². The van der Waals surface area contributed by atoms with Crippen LogP contribution in [0.2, 0.25) is 5.02 Å². The largest absolute Gasteiger partial charge is 0.507 e. The van der Waals surface area contributed by atoms with Crippen LogP contribution in [-0.4, -0.2) is 33.7 Å². The fourth-order valence-electron chi connectivity index (χ4n) is 9.00. The van der Waals surface area contributed by atoms with E-state index in [0.717, 1.165) is 5.01 Å². The minimum absolute atomic E-state index is 0.0388. The zero-order chi connectivity index (χ0) is 35.6. The molecule has 4 aromatic carbocycles. The topological polar surface area (TPSA) is 107 Å². The quantitative estimate of drug-likeness (QED) is 0.157. The lowest BCUT2D eigenvalue weighted by Gasteiger charge is -2.50. The Hall–Kier alpha value is -5.54. The number of halogens is 2. The number of carbonyl (C=O) groups excluding carboxylic acids is 4.